The fourth-order valence-electron chi connectivity index (χ4n) is 6.13. The fraction of sp³-hybridized carbons (Fsp3) is 0.667. The average Bonchev–Trinajstić information content (AvgIpc) is 3.41. The number of amides is 3. The number of nitrogens with one attached hydrogen (secondary N) is 4. The van der Waals surface area contributed by atoms with Crippen LogP contribution < -0.4 is 44.6 Å². The van der Waals surface area contributed by atoms with Crippen LogP contribution in [0.25, 0.3) is 10.9 Å². The summed E-state index contributed by atoms with van der Waals surface area (Å²) >= 11 is 0. The Hall–Kier alpha value is -4.33. The van der Waals surface area contributed by atoms with Gasteiger partial charge in [-0.2, -0.15) is 0 Å². The number of unbranched alkanes of at least 4 members (excludes halogenated alkanes) is 1. The highest BCUT2D eigenvalue weighted by atomic mass is 16.2. The molecular weight excluding hydrogens is 671 g/mol. The molecule has 1 heterocycles. The number of aliphatic imine (C=N–C) groups is 2. The normalized spacial score (nSPS) is 13.9. The van der Waals surface area contributed by atoms with Crippen molar-refractivity contribution in [1.82, 2.24) is 20.9 Å². The van der Waals surface area contributed by atoms with Crippen molar-refractivity contribution in [2.45, 2.75) is 149 Å². The van der Waals surface area contributed by atoms with Gasteiger partial charge in [-0.15, -0.1) is 0 Å². The number of aromatic nitrogens is 1. The Morgan fingerprint density at radius 2 is 1.30 bits per heavy atom. The number of carbonyl (C=O) groups excluding carboxylic acids is 3. The number of benzene rings is 1. The van der Waals surface area contributed by atoms with E-state index in [0.717, 1.165) is 46.1 Å². The third-order valence-electron chi connectivity index (χ3n) is 9.19. The van der Waals surface area contributed by atoms with Gasteiger partial charge < -0.3 is 49.6 Å². The zero-order chi connectivity index (χ0) is 40.3. The number of hydrogen-bond acceptors (Lipinski definition) is 6. The first-order valence-corrected chi connectivity index (χ1v) is 18.9. The monoisotopic (exact) mass is 740 g/mol. The molecular formula is C39H69N11O3. The number of rotatable bonds is 18. The molecule has 0 aliphatic carbocycles. The molecule has 3 amide bonds. The molecule has 0 aliphatic rings. The summed E-state index contributed by atoms with van der Waals surface area (Å²) in [5, 5.41) is 9.84. The molecule has 14 N–H and O–H groups in total. The van der Waals surface area contributed by atoms with E-state index >= 15 is 0 Å². The third kappa shape index (κ3) is 13.9. The van der Waals surface area contributed by atoms with E-state index in [2.05, 4.69) is 105 Å². The summed E-state index contributed by atoms with van der Waals surface area (Å²) in [5.74, 6) is -1.39. The first-order valence-electron chi connectivity index (χ1n) is 18.9. The van der Waals surface area contributed by atoms with E-state index in [9.17, 15) is 14.4 Å². The molecule has 14 nitrogen and oxygen atoms in total. The Kier molecular flexibility index (Phi) is 16.2. The molecule has 0 saturated carbocycles. The summed E-state index contributed by atoms with van der Waals surface area (Å²) in [6.45, 7) is 22.6. The Balaban J connectivity index is 2.71. The molecule has 1 aromatic heterocycles. The van der Waals surface area contributed by atoms with E-state index in [0.29, 0.717) is 38.9 Å². The molecule has 2 aromatic rings. The van der Waals surface area contributed by atoms with Crippen molar-refractivity contribution >= 4 is 40.5 Å². The Labute approximate surface area is 316 Å². The molecule has 0 fully saturated rings. The zero-order valence-electron chi connectivity index (χ0n) is 34.0. The van der Waals surface area contributed by atoms with E-state index in [-0.39, 0.29) is 46.9 Å². The highest BCUT2D eigenvalue weighted by molar-refractivity contribution is 5.95. The van der Waals surface area contributed by atoms with Crippen LogP contribution in [0.2, 0.25) is 0 Å². The van der Waals surface area contributed by atoms with Crippen LogP contribution in [0, 0.1) is 0 Å². The van der Waals surface area contributed by atoms with Gasteiger partial charge in [0, 0.05) is 48.1 Å². The standard InChI is InChI=1S/C39H69N11O3/c1-11-12-17-45-33(52)28(16-14-19-47-36(43)44)48-34(53)29(49-32(51)27(40)15-13-18-46-35(41)42)22-25-24-20-23(37(2,3)4)21-26(38(5,6)7)30(24)50-31(25)39(8,9)10/h20-21,27-29,50H,11-19,22,40H2,1-10H3,(H,45,52)(H,48,53)(H,49,51)(H4,41,42,46)(H4,43,44,47)/t27-,28-,29-/m0/s1. The largest absolute Gasteiger partial charge is 0.370 e. The van der Waals surface area contributed by atoms with Crippen molar-refractivity contribution < 1.29 is 14.4 Å². The Bertz CT molecular complexity index is 1600. The Morgan fingerprint density at radius 3 is 1.81 bits per heavy atom. The summed E-state index contributed by atoms with van der Waals surface area (Å²) in [7, 11) is 0. The quantitative estimate of drug-likeness (QED) is 0.0622. The predicted octanol–water partition coefficient (Wildman–Crippen LogP) is 2.92. The predicted molar refractivity (Wildman–Crippen MR) is 218 cm³/mol. The molecule has 2 rings (SSSR count). The van der Waals surface area contributed by atoms with E-state index < -0.39 is 29.9 Å². The first-order chi connectivity index (χ1) is 24.5. The van der Waals surface area contributed by atoms with E-state index in [4.69, 9.17) is 28.7 Å². The van der Waals surface area contributed by atoms with E-state index in [1.807, 2.05) is 6.92 Å². The van der Waals surface area contributed by atoms with E-state index in [1.54, 1.807) is 0 Å². The van der Waals surface area contributed by atoms with Crippen LogP contribution >= 0.6 is 0 Å². The zero-order valence-corrected chi connectivity index (χ0v) is 34.0. The van der Waals surface area contributed by atoms with E-state index in [1.165, 1.54) is 0 Å². The number of aromatic amines is 1. The number of hydrogen-bond donors (Lipinski definition) is 9. The number of carbonyl (C=O) groups is 3. The molecule has 1 aromatic carbocycles. The lowest BCUT2D eigenvalue weighted by Gasteiger charge is -2.27. The second kappa shape index (κ2) is 19.1. The lowest BCUT2D eigenvalue weighted by atomic mass is 9.78. The molecule has 53 heavy (non-hydrogen) atoms. The van der Waals surface area contributed by atoms with Crippen molar-refractivity contribution in [3.63, 3.8) is 0 Å². The molecule has 0 bridgehead atoms. The third-order valence-corrected chi connectivity index (χ3v) is 9.19. The molecule has 0 unspecified atom stereocenters. The van der Waals surface area contributed by atoms with Crippen LogP contribution in [0.4, 0.5) is 0 Å². The maximum absolute atomic E-state index is 14.4. The van der Waals surface area contributed by atoms with Gasteiger partial charge in [-0.3, -0.25) is 24.4 Å². The van der Waals surface area contributed by atoms with Crippen LogP contribution in [0.1, 0.15) is 130 Å². The number of nitrogens with two attached hydrogens (primary N) is 5. The van der Waals surface area contributed by atoms with Crippen LogP contribution in [-0.2, 0) is 37.0 Å². The van der Waals surface area contributed by atoms with Gasteiger partial charge >= 0.3 is 0 Å². The highest BCUT2D eigenvalue weighted by Gasteiger charge is 2.33. The smallest absolute Gasteiger partial charge is 0.243 e. The van der Waals surface area contributed by atoms with Crippen molar-refractivity contribution in [2.75, 3.05) is 19.6 Å². The minimum Gasteiger partial charge on any atom is -0.370 e. The number of nitrogens with zero attached hydrogens (tertiary/aromatic N) is 2. The van der Waals surface area contributed by atoms with Crippen LogP contribution in [0.15, 0.2) is 22.1 Å². The van der Waals surface area contributed by atoms with Gasteiger partial charge in [-0.1, -0.05) is 81.7 Å². The molecule has 0 spiro atoms. The average molecular weight is 740 g/mol. The minimum atomic E-state index is -1.06. The van der Waals surface area contributed by atoms with Gasteiger partial charge in [0.2, 0.25) is 17.7 Å². The molecule has 0 radical (unpaired) electrons. The summed E-state index contributed by atoms with van der Waals surface area (Å²) < 4.78 is 0. The summed E-state index contributed by atoms with van der Waals surface area (Å²) in [6.07, 6.45) is 3.36. The number of guanidine groups is 2. The second-order valence-electron chi connectivity index (χ2n) is 17.2. The molecule has 3 atom stereocenters. The first kappa shape index (κ1) is 44.8. The second-order valence-corrected chi connectivity index (χ2v) is 17.2. The van der Waals surface area contributed by atoms with Gasteiger partial charge in [0.25, 0.3) is 0 Å². The van der Waals surface area contributed by atoms with Crippen molar-refractivity contribution in [3.05, 3.63) is 34.5 Å². The fourth-order valence-corrected chi connectivity index (χ4v) is 6.13. The molecule has 298 valence electrons. The summed E-state index contributed by atoms with van der Waals surface area (Å²) in [5.41, 5.74) is 32.8. The SMILES string of the molecule is CCCCNC(=O)[C@H](CCCN=C(N)N)NC(=O)[C@H](Cc1c(C(C)(C)C)[nH]c2c(C(C)(C)C)cc(C(C)(C)C)cc12)NC(=O)[C@@H](N)CCCN=C(N)N. The van der Waals surface area contributed by atoms with Crippen LogP contribution in [-0.4, -0.2) is 72.4 Å². The maximum atomic E-state index is 14.4. The Morgan fingerprint density at radius 1 is 0.736 bits per heavy atom. The summed E-state index contributed by atoms with van der Waals surface area (Å²) in [4.78, 5) is 53.3. The van der Waals surface area contributed by atoms with Crippen LogP contribution in [0.5, 0.6) is 0 Å². The molecule has 14 heteroatoms. The van der Waals surface area contributed by atoms with Gasteiger partial charge in [-0.05, 0) is 65.7 Å². The van der Waals surface area contributed by atoms with Crippen molar-refractivity contribution in [3.8, 4) is 0 Å². The number of H-pyrrole nitrogens is 1. The lowest BCUT2D eigenvalue weighted by Crippen LogP contribution is -2.56. The number of fused-ring (bicyclic) bond motifs is 1. The highest BCUT2D eigenvalue weighted by Crippen LogP contribution is 2.40. The van der Waals surface area contributed by atoms with Gasteiger partial charge in [0.05, 0.1) is 6.04 Å². The van der Waals surface area contributed by atoms with Gasteiger partial charge in [0.1, 0.15) is 12.1 Å². The molecule has 0 saturated heterocycles. The lowest BCUT2D eigenvalue weighted by molar-refractivity contribution is -0.132. The van der Waals surface area contributed by atoms with Gasteiger partial charge in [-0.25, -0.2) is 0 Å². The molecule has 0 aliphatic heterocycles. The summed E-state index contributed by atoms with van der Waals surface area (Å²) in [6, 6.07) is 1.60. The van der Waals surface area contributed by atoms with Crippen molar-refractivity contribution in [1.29, 1.82) is 0 Å². The van der Waals surface area contributed by atoms with Gasteiger partial charge in [0.15, 0.2) is 11.9 Å². The maximum Gasteiger partial charge on any atom is 0.243 e. The minimum absolute atomic E-state index is 0.0380. The van der Waals surface area contributed by atoms with Crippen molar-refractivity contribution in [2.24, 2.45) is 38.7 Å². The van der Waals surface area contributed by atoms with Crippen LogP contribution in [0.3, 0.4) is 0 Å². The topological polar surface area (TPSA) is 258 Å².